The molecule has 0 aromatic carbocycles. The summed E-state index contributed by atoms with van der Waals surface area (Å²) in [5, 5.41) is 5.18. The molecule has 0 spiro atoms. The first-order chi connectivity index (χ1) is 9.69. The third-order valence-corrected chi connectivity index (χ3v) is 3.03. The molecule has 2 atom stereocenters. The maximum Gasteiger partial charge on any atom is 0.249 e. The fourth-order valence-corrected chi connectivity index (χ4v) is 2.00. The van der Waals surface area contributed by atoms with Crippen molar-refractivity contribution >= 4 is 17.5 Å². The molecular weight excluding hydrogens is 260 g/mol. The highest BCUT2D eigenvalue weighted by atomic mass is 16.5. The highest BCUT2D eigenvalue weighted by Gasteiger charge is 2.29. The van der Waals surface area contributed by atoms with Crippen LogP contribution in [-0.4, -0.2) is 42.1 Å². The van der Waals surface area contributed by atoms with Crippen molar-refractivity contribution < 1.29 is 14.3 Å². The molecular formula is C13H18N4O3. The average molecular weight is 278 g/mol. The zero-order chi connectivity index (χ0) is 14.4. The number of ether oxygens (including phenoxy) is 1. The van der Waals surface area contributed by atoms with Gasteiger partial charge in [0.25, 0.3) is 0 Å². The molecule has 1 aromatic rings. The molecule has 2 rings (SSSR count). The van der Waals surface area contributed by atoms with Crippen LogP contribution in [0.5, 0.6) is 0 Å². The van der Waals surface area contributed by atoms with Gasteiger partial charge in [0.15, 0.2) is 0 Å². The summed E-state index contributed by atoms with van der Waals surface area (Å²) in [7, 11) is 0. The summed E-state index contributed by atoms with van der Waals surface area (Å²) in [5.74, 6) is -0.581. The van der Waals surface area contributed by atoms with Crippen molar-refractivity contribution in [2.75, 3.05) is 18.4 Å². The molecule has 1 aliphatic rings. The predicted molar refractivity (Wildman–Crippen MR) is 72.8 cm³/mol. The van der Waals surface area contributed by atoms with E-state index in [9.17, 15) is 9.59 Å². The molecule has 4 N–H and O–H groups in total. The van der Waals surface area contributed by atoms with Gasteiger partial charge in [0, 0.05) is 12.7 Å². The van der Waals surface area contributed by atoms with Gasteiger partial charge in [-0.1, -0.05) is 0 Å². The fourth-order valence-electron chi connectivity index (χ4n) is 2.00. The molecule has 2 amide bonds. The number of rotatable bonds is 5. The third-order valence-electron chi connectivity index (χ3n) is 3.03. The molecule has 0 bridgehead atoms. The van der Waals surface area contributed by atoms with E-state index in [-0.39, 0.29) is 24.5 Å². The Labute approximate surface area is 116 Å². The van der Waals surface area contributed by atoms with E-state index in [1.807, 2.05) is 0 Å². The quantitative estimate of drug-likeness (QED) is 0.682. The Balaban J connectivity index is 1.72. The van der Waals surface area contributed by atoms with Crippen molar-refractivity contribution in [3.8, 4) is 0 Å². The molecule has 7 heteroatoms. The second-order valence-electron chi connectivity index (χ2n) is 4.57. The molecule has 0 unspecified atom stereocenters. The summed E-state index contributed by atoms with van der Waals surface area (Å²) in [6.45, 7) is 0.312. The van der Waals surface area contributed by atoms with Crippen LogP contribution in [0.1, 0.15) is 12.8 Å². The van der Waals surface area contributed by atoms with E-state index in [0.717, 1.165) is 6.42 Å². The average Bonchev–Trinajstić information content (AvgIpc) is 2.95. The lowest BCUT2D eigenvalue weighted by atomic mass is 10.2. The van der Waals surface area contributed by atoms with Gasteiger partial charge in [-0.25, -0.2) is 0 Å². The summed E-state index contributed by atoms with van der Waals surface area (Å²) in [5.41, 5.74) is 6.07. The van der Waals surface area contributed by atoms with Crippen LogP contribution in [0.4, 0.5) is 5.69 Å². The van der Waals surface area contributed by atoms with E-state index in [0.29, 0.717) is 18.7 Å². The van der Waals surface area contributed by atoms with E-state index in [1.54, 1.807) is 18.3 Å². The van der Waals surface area contributed by atoms with Crippen molar-refractivity contribution in [2.45, 2.75) is 25.0 Å². The van der Waals surface area contributed by atoms with Crippen molar-refractivity contribution in [2.24, 2.45) is 5.73 Å². The van der Waals surface area contributed by atoms with Crippen LogP contribution < -0.4 is 16.4 Å². The SMILES string of the molecule is NC[C@H]1CC[C@@H](C(=O)NCC(=O)Nc2cccnc2)O1. The van der Waals surface area contributed by atoms with E-state index >= 15 is 0 Å². The largest absolute Gasteiger partial charge is 0.364 e. The predicted octanol–water partition coefficient (Wildman–Crippen LogP) is -0.357. The second kappa shape index (κ2) is 6.97. The molecule has 20 heavy (non-hydrogen) atoms. The van der Waals surface area contributed by atoms with Gasteiger partial charge in [-0.2, -0.15) is 0 Å². The van der Waals surface area contributed by atoms with Gasteiger partial charge in [0.1, 0.15) is 6.10 Å². The van der Waals surface area contributed by atoms with Crippen molar-refractivity contribution in [3.05, 3.63) is 24.5 Å². The lowest BCUT2D eigenvalue weighted by Gasteiger charge is -2.12. The normalized spacial score (nSPS) is 21.4. The van der Waals surface area contributed by atoms with Crippen LogP contribution in [0.2, 0.25) is 0 Å². The number of carbonyl (C=O) groups excluding carboxylic acids is 2. The highest BCUT2D eigenvalue weighted by Crippen LogP contribution is 2.18. The minimum atomic E-state index is -0.505. The lowest BCUT2D eigenvalue weighted by Crippen LogP contribution is -2.39. The molecule has 1 saturated heterocycles. The molecule has 1 aromatic heterocycles. The summed E-state index contributed by atoms with van der Waals surface area (Å²) in [6.07, 6.45) is 3.99. The standard InChI is InChI=1S/C13H18N4O3/c14-6-10-3-4-11(20-10)13(19)16-8-12(18)17-9-2-1-5-15-7-9/h1-2,5,7,10-11H,3-4,6,8,14H2,(H,16,19)(H,17,18)/t10-,11+/m1/s1. The van der Waals surface area contributed by atoms with Gasteiger partial charge < -0.3 is 21.1 Å². The number of aromatic nitrogens is 1. The number of nitrogens with two attached hydrogens (primary N) is 1. The zero-order valence-corrected chi connectivity index (χ0v) is 11.0. The van der Waals surface area contributed by atoms with Gasteiger partial charge in [0.2, 0.25) is 11.8 Å². The van der Waals surface area contributed by atoms with Crippen LogP contribution in [0.3, 0.4) is 0 Å². The Morgan fingerprint density at radius 3 is 2.95 bits per heavy atom. The number of hydrogen-bond donors (Lipinski definition) is 3. The minimum absolute atomic E-state index is 0.0602. The summed E-state index contributed by atoms with van der Waals surface area (Å²) in [6, 6.07) is 3.44. The van der Waals surface area contributed by atoms with E-state index in [4.69, 9.17) is 10.5 Å². The first-order valence-corrected chi connectivity index (χ1v) is 6.52. The van der Waals surface area contributed by atoms with Crippen LogP contribution in [0.25, 0.3) is 0 Å². The van der Waals surface area contributed by atoms with Crippen molar-refractivity contribution in [1.29, 1.82) is 0 Å². The molecule has 0 radical (unpaired) electrons. The van der Waals surface area contributed by atoms with Gasteiger partial charge in [-0.15, -0.1) is 0 Å². The lowest BCUT2D eigenvalue weighted by molar-refractivity contribution is -0.133. The van der Waals surface area contributed by atoms with Crippen LogP contribution in [0, 0.1) is 0 Å². The smallest absolute Gasteiger partial charge is 0.249 e. The number of amides is 2. The fraction of sp³-hybridized carbons (Fsp3) is 0.462. The van der Waals surface area contributed by atoms with Crippen molar-refractivity contribution in [3.63, 3.8) is 0 Å². The monoisotopic (exact) mass is 278 g/mol. The molecule has 7 nitrogen and oxygen atoms in total. The number of nitrogens with one attached hydrogen (secondary N) is 2. The van der Waals surface area contributed by atoms with Crippen LogP contribution >= 0.6 is 0 Å². The Kier molecular flexibility index (Phi) is 5.03. The maximum atomic E-state index is 11.8. The molecule has 0 saturated carbocycles. The van der Waals surface area contributed by atoms with E-state index < -0.39 is 6.10 Å². The Morgan fingerprint density at radius 2 is 2.30 bits per heavy atom. The zero-order valence-electron chi connectivity index (χ0n) is 11.0. The maximum absolute atomic E-state index is 11.8. The highest BCUT2D eigenvalue weighted by molar-refractivity contribution is 5.94. The van der Waals surface area contributed by atoms with Gasteiger partial charge in [-0.3, -0.25) is 14.6 Å². The summed E-state index contributed by atoms with van der Waals surface area (Å²) in [4.78, 5) is 27.3. The second-order valence-corrected chi connectivity index (χ2v) is 4.57. The van der Waals surface area contributed by atoms with E-state index in [1.165, 1.54) is 6.20 Å². The third kappa shape index (κ3) is 4.01. The van der Waals surface area contributed by atoms with Gasteiger partial charge in [0.05, 0.1) is 24.5 Å². The van der Waals surface area contributed by atoms with Crippen LogP contribution in [-0.2, 0) is 14.3 Å². The first-order valence-electron chi connectivity index (χ1n) is 6.52. The number of carbonyl (C=O) groups is 2. The number of pyridine rings is 1. The Bertz CT molecular complexity index is 466. The minimum Gasteiger partial charge on any atom is -0.364 e. The summed E-state index contributed by atoms with van der Waals surface area (Å²) < 4.78 is 5.44. The summed E-state index contributed by atoms with van der Waals surface area (Å²) >= 11 is 0. The number of hydrogen-bond acceptors (Lipinski definition) is 5. The molecule has 1 aliphatic heterocycles. The Hall–Kier alpha value is -1.99. The molecule has 108 valence electrons. The van der Waals surface area contributed by atoms with Crippen molar-refractivity contribution in [1.82, 2.24) is 10.3 Å². The Morgan fingerprint density at radius 1 is 1.45 bits per heavy atom. The van der Waals surface area contributed by atoms with Gasteiger partial charge >= 0.3 is 0 Å². The molecule has 1 fully saturated rings. The first kappa shape index (κ1) is 14.4. The molecule has 2 heterocycles. The van der Waals surface area contributed by atoms with Crippen LogP contribution in [0.15, 0.2) is 24.5 Å². The number of anilines is 1. The van der Waals surface area contributed by atoms with Gasteiger partial charge in [-0.05, 0) is 25.0 Å². The topological polar surface area (TPSA) is 106 Å². The van der Waals surface area contributed by atoms with E-state index in [2.05, 4.69) is 15.6 Å². The molecule has 0 aliphatic carbocycles. The number of nitrogens with zero attached hydrogens (tertiary/aromatic N) is 1.